The van der Waals surface area contributed by atoms with Crippen LogP contribution in [0, 0.1) is 6.92 Å². The van der Waals surface area contributed by atoms with Crippen molar-refractivity contribution in [2.75, 3.05) is 5.73 Å². The molecule has 2 N–H and O–H groups in total. The molecule has 0 saturated carbocycles. The molecule has 0 atom stereocenters. The molecule has 2 heterocycles. The average molecular weight is 335 g/mol. The van der Waals surface area contributed by atoms with E-state index in [4.69, 9.17) is 10.2 Å². The molecule has 3 nitrogen and oxygen atoms in total. The Morgan fingerprint density at radius 3 is 2.84 bits per heavy atom. The number of aryl methyl sites for hydroxylation is 1. The molecule has 19 heavy (non-hydrogen) atoms. The summed E-state index contributed by atoms with van der Waals surface area (Å²) < 4.78 is 6.24. The molecule has 3 aromatic rings. The molecule has 0 amide bonds. The standard InChI is InChI=1S/C14H11BrN2OS/c1-8-12(4-5-18-8)19-13-3-2-11(16)10-6-9(15)7-17-14(10)13/h2-7H,16H2,1H3. The number of benzene rings is 1. The van der Waals surface area contributed by atoms with Gasteiger partial charge in [0.05, 0.1) is 16.7 Å². The van der Waals surface area contributed by atoms with Crippen LogP contribution < -0.4 is 5.73 Å². The summed E-state index contributed by atoms with van der Waals surface area (Å²) in [6, 6.07) is 7.86. The van der Waals surface area contributed by atoms with Gasteiger partial charge in [-0.2, -0.15) is 0 Å². The molecule has 0 bridgehead atoms. The van der Waals surface area contributed by atoms with Crippen molar-refractivity contribution in [1.82, 2.24) is 4.98 Å². The normalized spacial score (nSPS) is 11.1. The highest BCUT2D eigenvalue weighted by molar-refractivity contribution is 9.10. The molecule has 3 rings (SSSR count). The van der Waals surface area contributed by atoms with Gasteiger partial charge < -0.3 is 10.2 Å². The number of anilines is 1. The van der Waals surface area contributed by atoms with E-state index in [0.29, 0.717) is 0 Å². The van der Waals surface area contributed by atoms with Gasteiger partial charge in [0.2, 0.25) is 0 Å². The molecule has 0 spiro atoms. The molecule has 0 radical (unpaired) electrons. The molecule has 5 heteroatoms. The summed E-state index contributed by atoms with van der Waals surface area (Å²) in [5.74, 6) is 0.909. The number of hydrogen-bond acceptors (Lipinski definition) is 4. The number of furan rings is 1. The van der Waals surface area contributed by atoms with E-state index in [1.165, 1.54) is 0 Å². The summed E-state index contributed by atoms with van der Waals surface area (Å²) in [6.07, 6.45) is 3.48. The fourth-order valence-corrected chi connectivity index (χ4v) is 3.15. The van der Waals surface area contributed by atoms with Gasteiger partial charge >= 0.3 is 0 Å². The SMILES string of the molecule is Cc1occc1Sc1ccc(N)c2cc(Br)cnc12. The number of nitrogens with zero attached hydrogens (tertiary/aromatic N) is 1. The van der Waals surface area contributed by atoms with Crippen LogP contribution in [0.5, 0.6) is 0 Å². The van der Waals surface area contributed by atoms with E-state index in [-0.39, 0.29) is 0 Å². The number of aromatic nitrogens is 1. The van der Waals surface area contributed by atoms with Gasteiger partial charge in [-0.15, -0.1) is 0 Å². The number of halogens is 1. The monoisotopic (exact) mass is 334 g/mol. The van der Waals surface area contributed by atoms with Crippen molar-refractivity contribution < 1.29 is 4.42 Å². The van der Waals surface area contributed by atoms with E-state index >= 15 is 0 Å². The zero-order chi connectivity index (χ0) is 13.4. The maximum Gasteiger partial charge on any atom is 0.114 e. The van der Waals surface area contributed by atoms with Gasteiger partial charge in [0.25, 0.3) is 0 Å². The number of nitrogens with two attached hydrogens (primary N) is 1. The van der Waals surface area contributed by atoms with E-state index in [2.05, 4.69) is 20.9 Å². The second-order valence-corrected chi connectivity index (χ2v) is 6.15. The lowest BCUT2D eigenvalue weighted by Gasteiger charge is -2.07. The Morgan fingerprint density at radius 2 is 2.11 bits per heavy atom. The Kier molecular flexibility index (Phi) is 3.24. The lowest BCUT2D eigenvalue weighted by molar-refractivity contribution is 0.527. The Hall–Kier alpha value is -1.46. The minimum atomic E-state index is 0.733. The lowest BCUT2D eigenvalue weighted by atomic mass is 10.2. The van der Waals surface area contributed by atoms with Crippen LogP contribution in [-0.2, 0) is 0 Å². The molecule has 1 aromatic carbocycles. The number of fused-ring (bicyclic) bond motifs is 1. The molecule has 0 saturated heterocycles. The van der Waals surface area contributed by atoms with Gasteiger partial charge in [0.15, 0.2) is 0 Å². The van der Waals surface area contributed by atoms with Crippen LogP contribution in [0.3, 0.4) is 0 Å². The Labute approximate surface area is 123 Å². The van der Waals surface area contributed by atoms with Crippen molar-refractivity contribution in [2.24, 2.45) is 0 Å². The number of hydrogen-bond donors (Lipinski definition) is 1. The maximum atomic E-state index is 6.01. The first kappa shape index (κ1) is 12.6. The predicted molar refractivity (Wildman–Crippen MR) is 81.4 cm³/mol. The molecule has 0 fully saturated rings. The molecule has 0 unspecified atom stereocenters. The number of nitrogen functional groups attached to an aromatic ring is 1. The van der Waals surface area contributed by atoms with Crippen molar-refractivity contribution in [2.45, 2.75) is 16.7 Å². The highest BCUT2D eigenvalue weighted by Crippen LogP contribution is 2.37. The maximum absolute atomic E-state index is 6.01. The number of pyridine rings is 1. The molecular formula is C14H11BrN2OS. The highest BCUT2D eigenvalue weighted by atomic mass is 79.9. The van der Waals surface area contributed by atoms with Crippen LogP contribution in [0.1, 0.15) is 5.76 Å². The van der Waals surface area contributed by atoms with Crippen LogP contribution >= 0.6 is 27.7 Å². The molecule has 96 valence electrons. The zero-order valence-corrected chi connectivity index (χ0v) is 12.6. The zero-order valence-electron chi connectivity index (χ0n) is 10.2. The van der Waals surface area contributed by atoms with Gasteiger partial charge in [-0.1, -0.05) is 11.8 Å². The summed E-state index contributed by atoms with van der Waals surface area (Å²) in [7, 11) is 0. The van der Waals surface area contributed by atoms with Crippen LogP contribution in [0.2, 0.25) is 0 Å². The van der Waals surface area contributed by atoms with Gasteiger partial charge in [0, 0.05) is 26.6 Å². The van der Waals surface area contributed by atoms with Crippen molar-refractivity contribution in [1.29, 1.82) is 0 Å². The third-order valence-electron chi connectivity index (χ3n) is 2.84. The van der Waals surface area contributed by atoms with Crippen LogP contribution in [0.4, 0.5) is 5.69 Å². The second-order valence-electron chi connectivity index (χ2n) is 4.15. The largest absolute Gasteiger partial charge is 0.468 e. The minimum absolute atomic E-state index is 0.733. The average Bonchev–Trinajstić information content (AvgIpc) is 2.79. The van der Waals surface area contributed by atoms with E-state index in [1.807, 2.05) is 31.2 Å². The van der Waals surface area contributed by atoms with Crippen molar-refractivity contribution in [3.8, 4) is 0 Å². The third kappa shape index (κ3) is 2.35. The molecular weight excluding hydrogens is 324 g/mol. The first-order valence-electron chi connectivity index (χ1n) is 5.71. The molecule has 0 aliphatic rings. The summed E-state index contributed by atoms with van der Waals surface area (Å²) in [5, 5.41) is 0.959. The third-order valence-corrected chi connectivity index (χ3v) is 4.47. The summed E-state index contributed by atoms with van der Waals surface area (Å²) >= 11 is 5.06. The molecule has 0 aliphatic heterocycles. The Morgan fingerprint density at radius 1 is 1.26 bits per heavy atom. The molecule has 0 aliphatic carbocycles. The fourth-order valence-electron chi connectivity index (χ4n) is 1.87. The van der Waals surface area contributed by atoms with Crippen LogP contribution in [0.15, 0.2) is 55.4 Å². The Balaban J connectivity index is 2.14. The lowest BCUT2D eigenvalue weighted by Crippen LogP contribution is -1.90. The van der Waals surface area contributed by atoms with E-state index < -0.39 is 0 Å². The van der Waals surface area contributed by atoms with E-state index in [9.17, 15) is 0 Å². The summed E-state index contributed by atoms with van der Waals surface area (Å²) in [6.45, 7) is 1.95. The van der Waals surface area contributed by atoms with Crippen LogP contribution in [0.25, 0.3) is 10.9 Å². The number of rotatable bonds is 2. The van der Waals surface area contributed by atoms with Gasteiger partial charge in [-0.05, 0) is 47.1 Å². The van der Waals surface area contributed by atoms with Crippen molar-refractivity contribution >= 4 is 44.3 Å². The topological polar surface area (TPSA) is 52.0 Å². The van der Waals surface area contributed by atoms with Crippen molar-refractivity contribution in [3.05, 3.63) is 47.0 Å². The highest BCUT2D eigenvalue weighted by Gasteiger charge is 2.10. The summed E-state index contributed by atoms with van der Waals surface area (Å²) in [4.78, 5) is 6.64. The quantitative estimate of drug-likeness (QED) is 0.694. The minimum Gasteiger partial charge on any atom is -0.468 e. The van der Waals surface area contributed by atoms with Crippen molar-refractivity contribution in [3.63, 3.8) is 0 Å². The first-order chi connectivity index (χ1) is 9.15. The van der Waals surface area contributed by atoms with E-state index in [0.717, 1.165) is 36.6 Å². The fraction of sp³-hybridized carbons (Fsp3) is 0.0714. The second kappa shape index (κ2) is 4.90. The summed E-state index contributed by atoms with van der Waals surface area (Å²) in [5.41, 5.74) is 7.65. The molecule has 2 aromatic heterocycles. The van der Waals surface area contributed by atoms with Crippen LogP contribution in [-0.4, -0.2) is 4.98 Å². The van der Waals surface area contributed by atoms with E-state index in [1.54, 1.807) is 24.2 Å². The van der Waals surface area contributed by atoms with Gasteiger partial charge in [-0.25, -0.2) is 0 Å². The first-order valence-corrected chi connectivity index (χ1v) is 7.32. The smallest absolute Gasteiger partial charge is 0.114 e. The van der Waals surface area contributed by atoms with Gasteiger partial charge in [0.1, 0.15) is 5.76 Å². The predicted octanol–water partition coefficient (Wildman–Crippen LogP) is 4.63. The Bertz CT molecular complexity index is 754. The van der Waals surface area contributed by atoms with Gasteiger partial charge in [-0.3, -0.25) is 4.98 Å².